The predicted molar refractivity (Wildman–Crippen MR) is 59.4 cm³/mol. The number of carbonyl (C=O) groups is 2. The monoisotopic (exact) mass is 329 g/mol. The fraction of sp³-hybridized carbons (Fsp3) is 0.600. The number of rotatable bonds is 3. The fourth-order valence-corrected chi connectivity index (χ4v) is 2.59. The molecule has 118 valence electrons. The van der Waals surface area contributed by atoms with Crippen LogP contribution in [0.5, 0.6) is 0 Å². The molecule has 11 heteroatoms. The zero-order valence-corrected chi connectivity index (χ0v) is 11.3. The number of ether oxygens (including phenoxy) is 1. The summed E-state index contributed by atoms with van der Waals surface area (Å²) in [5.41, 5.74) is -5.73. The van der Waals surface area contributed by atoms with Crippen LogP contribution in [0.2, 0.25) is 0 Å². The summed E-state index contributed by atoms with van der Waals surface area (Å²) in [6, 6.07) is 0. The average Bonchev–Trinajstić information content (AvgIpc) is 2.85. The normalized spacial score (nSPS) is 30.5. The summed E-state index contributed by atoms with van der Waals surface area (Å²) in [6.07, 6.45) is 2.19. The summed E-state index contributed by atoms with van der Waals surface area (Å²) in [5.74, 6) is -4.47. The molecule has 7 nitrogen and oxygen atoms in total. The number of amides is 2. The van der Waals surface area contributed by atoms with Crippen molar-refractivity contribution < 1.29 is 40.2 Å². The van der Waals surface area contributed by atoms with E-state index < -0.39 is 45.4 Å². The van der Waals surface area contributed by atoms with Gasteiger partial charge >= 0.3 is 15.6 Å². The van der Waals surface area contributed by atoms with Gasteiger partial charge in [-0.3, -0.25) is 9.59 Å². The molecule has 0 bridgehead atoms. The first kappa shape index (κ1) is 15.9. The number of halogens is 3. The topological polar surface area (TPSA) is 90.0 Å². The molecule has 0 spiro atoms. The highest BCUT2D eigenvalue weighted by atomic mass is 32.2. The molecule has 2 rings (SSSR count). The summed E-state index contributed by atoms with van der Waals surface area (Å²) < 4.78 is 67.3. The molecule has 3 unspecified atom stereocenters. The molecule has 2 saturated heterocycles. The molecule has 21 heavy (non-hydrogen) atoms. The number of hydrogen-bond acceptors (Lipinski definition) is 6. The average molecular weight is 329 g/mol. The van der Waals surface area contributed by atoms with E-state index in [-0.39, 0.29) is 11.7 Å². The number of nitrogens with zero attached hydrogens (tertiary/aromatic N) is 1. The van der Waals surface area contributed by atoms with Crippen molar-refractivity contribution in [2.45, 2.75) is 18.5 Å². The second kappa shape index (κ2) is 5.07. The van der Waals surface area contributed by atoms with E-state index in [1.54, 1.807) is 13.0 Å². The van der Waals surface area contributed by atoms with E-state index in [1.807, 2.05) is 0 Å². The van der Waals surface area contributed by atoms with E-state index in [9.17, 15) is 31.2 Å². The molecule has 0 radical (unpaired) electrons. The van der Waals surface area contributed by atoms with Crippen LogP contribution < -0.4 is 0 Å². The van der Waals surface area contributed by atoms with Crippen LogP contribution in [0.25, 0.3) is 0 Å². The molecular formula is C10H10F3NO6S. The zero-order valence-electron chi connectivity index (χ0n) is 10.5. The van der Waals surface area contributed by atoms with Crippen LogP contribution >= 0.6 is 0 Å². The van der Waals surface area contributed by atoms with Gasteiger partial charge in [-0.1, -0.05) is 12.2 Å². The number of hydroxylamine groups is 2. The van der Waals surface area contributed by atoms with Crippen LogP contribution in [0.1, 0.15) is 6.92 Å². The first-order chi connectivity index (χ1) is 9.60. The van der Waals surface area contributed by atoms with Crippen molar-refractivity contribution in [2.24, 2.45) is 11.8 Å². The smallest absolute Gasteiger partial charge is 0.372 e. The third-order valence-electron chi connectivity index (χ3n) is 3.10. The molecule has 2 fully saturated rings. The number of imide groups is 1. The third kappa shape index (κ3) is 2.56. The van der Waals surface area contributed by atoms with Crippen LogP contribution in [0.3, 0.4) is 0 Å². The largest absolute Gasteiger partial charge is 0.525 e. The van der Waals surface area contributed by atoms with Crippen LogP contribution in [0.4, 0.5) is 13.2 Å². The van der Waals surface area contributed by atoms with Gasteiger partial charge in [-0.15, -0.1) is 9.35 Å². The van der Waals surface area contributed by atoms with Gasteiger partial charge < -0.3 is 4.74 Å². The van der Waals surface area contributed by atoms with Gasteiger partial charge in [0.1, 0.15) is 0 Å². The molecule has 0 aromatic carbocycles. The molecule has 2 amide bonds. The lowest BCUT2D eigenvalue weighted by atomic mass is 9.93. The van der Waals surface area contributed by atoms with Crippen molar-refractivity contribution in [3.8, 4) is 0 Å². The lowest BCUT2D eigenvalue weighted by Gasteiger charge is -2.17. The first-order valence-electron chi connectivity index (χ1n) is 5.73. The van der Waals surface area contributed by atoms with E-state index in [1.165, 1.54) is 6.08 Å². The number of hydrogen-bond donors (Lipinski definition) is 0. The summed E-state index contributed by atoms with van der Waals surface area (Å²) in [5, 5.41) is -0.336. The lowest BCUT2D eigenvalue weighted by Crippen LogP contribution is -2.40. The third-order valence-corrected chi connectivity index (χ3v) is 4.01. The molecule has 2 aliphatic heterocycles. The molecule has 0 aliphatic carbocycles. The summed E-state index contributed by atoms with van der Waals surface area (Å²) in [6.45, 7) is 1.43. The molecule has 0 aromatic heterocycles. The highest BCUT2D eigenvalue weighted by Crippen LogP contribution is 2.38. The van der Waals surface area contributed by atoms with Crippen molar-refractivity contribution >= 4 is 21.9 Å². The van der Waals surface area contributed by atoms with Crippen LogP contribution in [-0.4, -0.2) is 43.5 Å². The summed E-state index contributed by atoms with van der Waals surface area (Å²) in [7, 11) is -6.08. The lowest BCUT2D eigenvalue weighted by molar-refractivity contribution is -0.170. The van der Waals surface area contributed by atoms with Gasteiger partial charge in [-0.2, -0.15) is 21.6 Å². The number of fused-ring (bicyclic) bond motifs is 1. The molecule has 3 atom stereocenters. The Bertz CT molecular complexity index is 598. The molecule has 0 aromatic rings. The maximum atomic E-state index is 12.2. The van der Waals surface area contributed by atoms with Crippen molar-refractivity contribution in [2.75, 3.05) is 6.61 Å². The van der Waals surface area contributed by atoms with Gasteiger partial charge in [0.05, 0.1) is 24.5 Å². The fourth-order valence-electron chi connectivity index (χ4n) is 2.16. The number of allylic oxidation sites excluding steroid dienone is 1. The summed E-state index contributed by atoms with van der Waals surface area (Å²) >= 11 is 0. The van der Waals surface area contributed by atoms with Crippen molar-refractivity contribution in [1.29, 1.82) is 0 Å². The van der Waals surface area contributed by atoms with E-state index >= 15 is 0 Å². The number of alkyl halides is 3. The van der Waals surface area contributed by atoms with Gasteiger partial charge in [0, 0.05) is 0 Å². The molecule has 2 aliphatic rings. The Morgan fingerprint density at radius 3 is 2.48 bits per heavy atom. The second-order valence-electron chi connectivity index (χ2n) is 4.40. The van der Waals surface area contributed by atoms with E-state index in [2.05, 4.69) is 4.28 Å². The Labute approximate surface area is 117 Å². The van der Waals surface area contributed by atoms with Crippen LogP contribution in [0, 0.1) is 11.8 Å². The highest BCUT2D eigenvalue weighted by Gasteiger charge is 2.59. The van der Waals surface area contributed by atoms with E-state index in [4.69, 9.17) is 4.74 Å². The molecular weight excluding hydrogens is 319 g/mol. The molecule has 0 N–H and O–H groups in total. The van der Waals surface area contributed by atoms with Gasteiger partial charge in [0.2, 0.25) is 0 Å². The molecule has 2 heterocycles. The second-order valence-corrected chi connectivity index (χ2v) is 5.92. The van der Waals surface area contributed by atoms with Crippen molar-refractivity contribution in [3.63, 3.8) is 0 Å². The van der Waals surface area contributed by atoms with Crippen LogP contribution in [-0.2, 0) is 28.7 Å². The predicted octanol–water partition coefficient (Wildman–Crippen LogP) is 0.344. The van der Waals surface area contributed by atoms with Crippen LogP contribution in [0.15, 0.2) is 12.2 Å². The minimum absolute atomic E-state index is 0.198. The maximum absolute atomic E-state index is 12.2. The standard InChI is InChI=1S/C10H10F3NO6S/c1-2-3-6-7-5(4-19-6)8(15)14(9(7)16)20-21(17,18)10(11,12)13/h2-3,5-7H,4H2,1H3/b3-2-. The minimum Gasteiger partial charge on any atom is -0.372 e. The van der Waals surface area contributed by atoms with E-state index in [0.29, 0.717) is 0 Å². The zero-order chi connectivity index (χ0) is 16.0. The Morgan fingerprint density at radius 2 is 1.95 bits per heavy atom. The van der Waals surface area contributed by atoms with E-state index in [0.717, 1.165) is 0 Å². The first-order valence-corrected chi connectivity index (χ1v) is 7.14. The maximum Gasteiger partial charge on any atom is 0.525 e. The minimum atomic E-state index is -6.08. The molecule has 0 saturated carbocycles. The SMILES string of the molecule is C/C=C\C1OCC2C(=O)N(OS(=O)(=O)C(F)(F)F)C(=O)C12. The van der Waals surface area contributed by atoms with Gasteiger partial charge in [0.25, 0.3) is 11.8 Å². The summed E-state index contributed by atoms with van der Waals surface area (Å²) in [4.78, 5) is 23.7. The Hall–Kier alpha value is -1.46. The highest BCUT2D eigenvalue weighted by molar-refractivity contribution is 7.87. The van der Waals surface area contributed by atoms with Gasteiger partial charge in [0.15, 0.2) is 0 Å². The van der Waals surface area contributed by atoms with Gasteiger partial charge in [-0.05, 0) is 6.92 Å². The Kier molecular flexibility index (Phi) is 3.84. The quantitative estimate of drug-likeness (QED) is 0.421. The Morgan fingerprint density at radius 1 is 1.33 bits per heavy atom. The number of carbonyl (C=O) groups excluding carboxylic acids is 2. The van der Waals surface area contributed by atoms with Gasteiger partial charge in [-0.25, -0.2) is 0 Å². The van der Waals surface area contributed by atoms with Crippen molar-refractivity contribution in [3.05, 3.63) is 12.2 Å². The van der Waals surface area contributed by atoms with Crippen molar-refractivity contribution in [1.82, 2.24) is 5.06 Å². The Balaban J connectivity index is 2.25.